The molecule has 0 amide bonds. The summed E-state index contributed by atoms with van der Waals surface area (Å²) in [6.07, 6.45) is 0. The summed E-state index contributed by atoms with van der Waals surface area (Å²) in [5, 5.41) is 63.5. The normalized spacial score (nSPS) is 18.3. The van der Waals surface area contributed by atoms with E-state index >= 15 is 0 Å². The third-order valence-electron chi connectivity index (χ3n) is 4.79. The zero-order chi connectivity index (χ0) is 20.7. The third kappa shape index (κ3) is 3.31. The van der Waals surface area contributed by atoms with Crippen LogP contribution in [-0.4, -0.2) is 36.5 Å². The molecule has 0 spiro atoms. The topological polar surface area (TPSA) is 146 Å². The number of hydrogen-bond donors (Lipinski definition) is 7. The van der Waals surface area contributed by atoms with Crippen molar-refractivity contribution in [2.24, 2.45) is 4.99 Å². The van der Waals surface area contributed by atoms with E-state index in [0.717, 1.165) is 0 Å². The van der Waals surface area contributed by atoms with Gasteiger partial charge in [0.15, 0.2) is 0 Å². The number of nitrogens with zero attached hydrogens (tertiary/aromatic N) is 1. The quantitative estimate of drug-likeness (QED) is 0.338. The Balaban J connectivity index is 1.88. The summed E-state index contributed by atoms with van der Waals surface area (Å²) < 4.78 is 0. The fourth-order valence-electron chi connectivity index (χ4n) is 3.40. The fraction of sp³-hybridized carbons (Fsp3) is 0.0952. The molecule has 29 heavy (non-hydrogen) atoms. The molecule has 0 aliphatic carbocycles. The second kappa shape index (κ2) is 6.83. The maximum Gasteiger partial charge on any atom is 0.133 e. The summed E-state index contributed by atoms with van der Waals surface area (Å²) >= 11 is 0. The fourth-order valence-corrected chi connectivity index (χ4v) is 3.40. The summed E-state index contributed by atoms with van der Waals surface area (Å²) in [7, 11) is 0. The number of hydrogen-bond acceptors (Lipinski definition) is 8. The first kappa shape index (κ1) is 18.3. The molecular formula is C21H18N2O6. The van der Waals surface area contributed by atoms with Crippen molar-refractivity contribution in [2.75, 3.05) is 0 Å². The van der Waals surface area contributed by atoms with Gasteiger partial charge in [-0.1, -0.05) is 0 Å². The lowest BCUT2D eigenvalue weighted by atomic mass is 9.93. The molecule has 0 fully saturated rings. The molecule has 2 atom stereocenters. The van der Waals surface area contributed by atoms with Crippen molar-refractivity contribution < 1.29 is 30.6 Å². The average molecular weight is 394 g/mol. The molecule has 1 heterocycles. The molecule has 0 saturated carbocycles. The minimum atomic E-state index is -0.813. The van der Waals surface area contributed by atoms with Crippen LogP contribution in [0.25, 0.3) is 0 Å². The van der Waals surface area contributed by atoms with E-state index < -0.39 is 12.1 Å². The van der Waals surface area contributed by atoms with Crippen LogP contribution in [-0.2, 0) is 0 Å². The molecule has 1 aliphatic rings. The van der Waals surface area contributed by atoms with E-state index in [9.17, 15) is 30.6 Å². The van der Waals surface area contributed by atoms with Gasteiger partial charge in [-0.2, -0.15) is 0 Å². The van der Waals surface area contributed by atoms with Crippen LogP contribution in [0.3, 0.4) is 0 Å². The van der Waals surface area contributed by atoms with E-state index in [0.29, 0.717) is 5.56 Å². The molecule has 148 valence electrons. The minimum Gasteiger partial charge on any atom is -0.508 e. The van der Waals surface area contributed by atoms with Crippen molar-refractivity contribution in [1.82, 2.24) is 5.32 Å². The summed E-state index contributed by atoms with van der Waals surface area (Å²) in [4.78, 5) is 4.53. The van der Waals surface area contributed by atoms with Crippen LogP contribution in [0.15, 0.2) is 59.6 Å². The van der Waals surface area contributed by atoms with Crippen molar-refractivity contribution >= 4 is 5.84 Å². The molecule has 0 aromatic heterocycles. The van der Waals surface area contributed by atoms with E-state index in [1.165, 1.54) is 54.6 Å². The molecule has 8 heteroatoms. The van der Waals surface area contributed by atoms with Gasteiger partial charge in [0, 0.05) is 11.1 Å². The highest BCUT2D eigenvalue weighted by Crippen LogP contribution is 2.45. The largest absolute Gasteiger partial charge is 0.508 e. The number of aliphatic imine (C=N–C) groups is 1. The second-order valence-corrected chi connectivity index (χ2v) is 6.73. The van der Waals surface area contributed by atoms with Crippen LogP contribution in [0.5, 0.6) is 34.5 Å². The van der Waals surface area contributed by atoms with Gasteiger partial charge < -0.3 is 36.0 Å². The SMILES string of the molecule is Oc1ccc(O)c(C2=N[C@@H](c3cc(O)ccc3O)[C@@H](c3cc(O)ccc3O)N2)c1. The van der Waals surface area contributed by atoms with Gasteiger partial charge in [0.05, 0.1) is 11.6 Å². The first-order valence-electron chi connectivity index (χ1n) is 8.74. The number of aromatic hydroxyl groups is 6. The number of phenolic OH excluding ortho intramolecular Hbond substituents is 6. The van der Waals surface area contributed by atoms with Gasteiger partial charge >= 0.3 is 0 Å². The summed E-state index contributed by atoms with van der Waals surface area (Å²) in [5.41, 5.74) is 0.799. The van der Waals surface area contributed by atoms with Gasteiger partial charge in [0.1, 0.15) is 46.4 Å². The number of benzene rings is 3. The lowest BCUT2D eigenvalue weighted by molar-refractivity contribution is 0.426. The Morgan fingerprint density at radius 1 is 0.621 bits per heavy atom. The molecule has 0 bridgehead atoms. The average Bonchev–Trinajstić information content (AvgIpc) is 3.12. The Morgan fingerprint density at radius 3 is 1.79 bits per heavy atom. The highest BCUT2D eigenvalue weighted by atomic mass is 16.3. The number of amidine groups is 1. The third-order valence-corrected chi connectivity index (χ3v) is 4.79. The van der Waals surface area contributed by atoms with Gasteiger partial charge in [-0.25, -0.2) is 0 Å². The van der Waals surface area contributed by atoms with Crippen molar-refractivity contribution in [3.63, 3.8) is 0 Å². The smallest absolute Gasteiger partial charge is 0.133 e. The van der Waals surface area contributed by atoms with Gasteiger partial charge in [0.2, 0.25) is 0 Å². The Bertz CT molecular complexity index is 1130. The van der Waals surface area contributed by atoms with Crippen molar-refractivity contribution in [1.29, 1.82) is 0 Å². The molecule has 3 aromatic carbocycles. The molecule has 4 rings (SSSR count). The van der Waals surface area contributed by atoms with E-state index in [2.05, 4.69) is 10.3 Å². The standard InChI is InChI=1S/C21H18N2O6/c24-10-1-4-16(27)13(7-10)19-20(14-8-11(25)2-5-17(14)28)23-21(22-19)15-9-12(26)3-6-18(15)29/h1-9,19-20,24-29H,(H,22,23)/t19-,20+. The Hall–Kier alpha value is -4.07. The molecule has 0 unspecified atom stereocenters. The van der Waals surface area contributed by atoms with Gasteiger partial charge in [0.25, 0.3) is 0 Å². The van der Waals surface area contributed by atoms with Gasteiger partial charge in [-0.15, -0.1) is 0 Å². The number of rotatable bonds is 3. The molecule has 0 radical (unpaired) electrons. The number of phenols is 6. The summed E-state index contributed by atoms with van der Waals surface area (Å²) in [6.45, 7) is 0. The number of nitrogens with one attached hydrogen (secondary N) is 1. The van der Waals surface area contributed by atoms with E-state index in [1.54, 1.807) is 0 Å². The van der Waals surface area contributed by atoms with Crippen LogP contribution >= 0.6 is 0 Å². The lowest BCUT2D eigenvalue weighted by Crippen LogP contribution is -2.25. The van der Waals surface area contributed by atoms with Crippen LogP contribution in [0.2, 0.25) is 0 Å². The molecule has 1 aliphatic heterocycles. The van der Waals surface area contributed by atoms with Crippen molar-refractivity contribution in [3.8, 4) is 34.5 Å². The molecule has 7 N–H and O–H groups in total. The van der Waals surface area contributed by atoms with Crippen molar-refractivity contribution in [3.05, 3.63) is 71.3 Å². The van der Waals surface area contributed by atoms with E-state index in [4.69, 9.17) is 0 Å². The Morgan fingerprint density at radius 2 is 1.14 bits per heavy atom. The zero-order valence-electron chi connectivity index (χ0n) is 15.0. The second-order valence-electron chi connectivity index (χ2n) is 6.73. The van der Waals surface area contributed by atoms with Gasteiger partial charge in [-0.3, -0.25) is 4.99 Å². The maximum absolute atomic E-state index is 10.3. The molecule has 3 aromatic rings. The van der Waals surface area contributed by atoms with Crippen molar-refractivity contribution in [2.45, 2.75) is 12.1 Å². The highest BCUT2D eigenvalue weighted by molar-refractivity contribution is 6.03. The molecular weight excluding hydrogens is 376 g/mol. The van der Waals surface area contributed by atoms with Crippen LogP contribution in [0.4, 0.5) is 0 Å². The monoisotopic (exact) mass is 394 g/mol. The van der Waals surface area contributed by atoms with Crippen LogP contribution < -0.4 is 5.32 Å². The Kier molecular flexibility index (Phi) is 4.31. The minimum absolute atomic E-state index is 0.0767. The van der Waals surface area contributed by atoms with E-state index in [1.807, 2.05) is 0 Å². The maximum atomic E-state index is 10.3. The zero-order valence-corrected chi connectivity index (χ0v) is 15.0. The lowest BCUT2D eigenvalue weighted by Gasteiger charge is -2.21. The predicted octanol–water partition coefficient (Wildman–Crippen LogP) is 2.75. The summed E-state index contributed by atoms with van der Waals surface area (Å²) in [5.74, 6) is -0.395. The van der Waals surface area contributed by atoms with Gasteiger partial charge in [-0.05, 0) is 54.6 Å². The molecule has 0 saturated heterocycles. The van der Waals surface area contributed by atoms with Crippen LogP contribution in [0, 0.1) is 0 Å². The Labute approximate surface area is 165 Å². The summed E-state index contributed by atoms with van der Waals surface area (Å²) in [6, 6.07) is 10.4. The van der Waals surface area contributed by atoms with E-state index in [-0.39, 0.29) is 51.5 Å². The predicted molar refractivity (Wildman–Crippen MR) is 104 cm³/mol. The molecule has 8 nitrogen and oxygen atoms in total. The first-order valence-corrected chi connectivity index (χ1v) is 8.74. The highest BCUT2D eigenvalue weighted by Gasteiger charge is 2.36. The first-order chi connectivity index (χ1) is 13.8. The van der Waals surface area contributed by atoms with Crippen LogP contribution in [0.1, 0.15) is 28.8 Å².